The fraction of sp³-hybridized carbons (Fsp3) is 0. The predicted octanol–water partition coefficient (Wildman–Crippen LogP) is -5.13. The normalized spacial score (nSPS) is 5.64. The van der Waals surface area contributed by atoms with Gasteiger partial charge < -0.3 is 15.5 Å². The molecule has 4 nitrogen and oxygen atoms in total. The first-order chi connectivity index (χ1) is 4.41. The Morgan fingerprint density at radius 3 is 1.64 bits per heavy atom. The van der Waals surface area contributed by atoms with Gasteiger partial charge in [0.2, 0.25) is 0 Å². The van der Waals surface area contributed by atoms with Gasteiger partial charge in [-0.2, -0.15) is 0 Å². The van der Waals surface area contributed by atoms with Gasteiger partial charge in [-0.15, -0.1) is 0 Å². The van der Waals surface area contributed by atoms with E-state index in [1.165, 1.54) is 0 Å². The number of aromatic nitrogens is 1. The maximum atomic E-state index is 8.49. The number of rotatable bonds is 0. The van der Waals surface area contributed by atoms with Crippen molar-refractivity contribution in [1.82, 2.24) is 4.98 Å². The van der Waals surface area contributed by atoms with Gasteiger partial charge in [-0.1, -0.05) is 6.07 Å². The molecular weight excluding hydrogens is 172 g/mol. The SMILES string of the molecule is O.[K+].[O-]BO.c1ccncc1. The quantitative estimate of drug-likeness (QED) is 0.406. The van der Waals surface area contributed by atoms with Gasteiger partial charge in [0.25, 0.3) is 0 Å². The molecule has 0 amide bonds. The summed E-state index contributed by atoms with van der Waals surface area (Å²) in [4.78, 5) is 3.78. The molecule has 0 bridgehead atoms. The molecule has 11 heavy (non-hydrogen) atoms. The molecule has 0 aliphatic rings. The van der Waals surface area contributed by atoms with Crippen LogP contribution in [0.15, 0.2) is 30.6 Å². The Bertz CT molecular complexity index is 105. The molecule has 6 heteroatoms. The van der Waals surface area contributed by atoms with Crippen LogP contribution in [0.3, 0.4) is 0 Å². The van der Waals surface area contributed by atoms with Crippen LogP contribution in [0.25, 0.3) is 0 Å². The molecular formula is C5H9BKNO3. The fourth-order valence-corrected chi connectivity index (χ4v) is 0.313. The zero-order valence-corrected chi connectivity index (χ0v) is 9.52. The van der Waals surface area contributed by atoms with Crippen molar-refractivity contribution in [2.24, 2.45) is 0 Å². The Labute approximate surface area is 109 Å². The van der Waals surface area contributed by atoms with Gasteiger partial charge in [-0.05, 0) is 12.1 Å². The van der Waals surface area contributed by atoms with E-state index >= 15 is 0 Å². The number of nitrogens with zero attached hydrogens (tertiary/aromatic N) is 1. The Morgan fingerprint density at radius 2 is 1.55 bits per heavy atom. The monoisotopic (exact) mass is 181 g/mol. The Balaban J connectivity index is -0.000000116. The first-order valence-electron chi connectivity index (χ1n) is 2.45. The third kappa shape index (κ3) is 18.1. The van der Waals surface area contributed by atoms with Gasteiger partial charge in [0, 0.05) is 12.4 Å². The van der Waals surface area contributed by atoms with Gasteiger partial charge >= 0.3 is 51.4 Å². The van der Waals surface area contributed by atoms with Crippen LogP contribution in [0, 0.1) is 0 Å². The van der Waals surface area contributed by atoms with Crippen molar-refractivity contribution in [3.05, 3.63) is 30.6 Å². The van der Waals surface area contributed by atoms with E-state index in [9.17, 15) is 0 Å². The maximum absolute atomic E-state index is 8.49. The average Bonchev–Trinajstić information content (AvgIpc) is 1.93. The molecule has 0 aliphatic carbocycles. The van der Waals surface area contributed by atoms with Gasteiger partial charge in [-0.25, -0.2) is 0 Å². The summed E-state index contributed by atoms with van der Waals surface area (Å²) in [7, 11) is -1.00. The second-order valence-electron chi connectivity index (χ2n) is 1.15. The fourth-order valence-electron chi connectivity index (χ4n) is 0.313. The van der Waals surface area contributed by atoms with Gasteiger partial charge in [0.1, 0.15) is 0 Å². The predicted molar refractivity (Wildman–Crippen MR) is 37.2 cm³/mol. The standard InChI is InChI=1S/C5H5N.BH2O2.K.H2O/c1-2-4-6-5-3-1;2-1-3;;/h1-5H;1-2H;;1H2/q;-1;+1;. The van der Waals surface area contributed by atoms with Crippen LogP contribution in [-0.2, 0) is 0 Å². The third-order valence-corrected chi connectivity index (χ3v) is 0.566. The average molecular weight is 181 g/mol. The minimum atomic E-state index is -1.00. The summed E-state index contributed by atoms with van der Waals surface area (Å²) in [6.45, 7) is 0. The summed E-state index contributed by atoms with van der Waals surface area (Å²) < 4.78 is 0. The van der Waals surface area contributed by atoms with Crippen molar-refractivity contribution in [1.29, 1.82) is 0 Å². The Morgan fingerprint density at radius 1 is 1.18 bits per heavy atom. The van der Waals surface area contributed by atoms with E-state index in [0.29, 0.717) is 0 Å². The minimum absolute atomic E-state index is 0. The summed E-state index contributed by atoms with van der Waals surface area (Å²) in [5, 5.41) is 15.5. The van der Waals surface area contributed by atoms with E-state index in [4.69, 9.17) is 10.0 Å². The molecule has 56 valence electrons. The Kier molecular flexibility index (Phi) is 27.4. The summed E-state index contributed by atoms with van der Waals surface area (Å²) in [6, 6.07) is 5.72. The molecule has 0 saturated heterocycles. The first-order valence-corrected chi connectivity index (χ1v) is 2.45. The third-order valence-electron chi connectivity index (χ3n) is 0.566. The number of pyridine rings is 1. The van der Waals surface area contributed by atoms with Crippen LogP contribution in [-0.4, -0.2) is 23.2 Å². The molecule has 1 aromatic heterocycles. The van der Waals surface area contributed by atoms with Crippen LogP contribution >= 0.6 is 0 Å². The van der Waals surface area contributed by atoms with E-state index in [2.05, 4.69) is 4.98 Å². The van der Waals surface area contributed by atoms with Crippen LogP contribution in [0.1, 0.15) is 0 Å². The molecule has 0 saturated carbocycles. The van der Waals surface area contributed by atoms with E-state index in [-0.39, 0.29) is 56.9 Å². The van der Waals surface area contributed by atoms with Crippen LogP contribution in [0.5, 0.6) is 0 Å². The van der Waals surface area contributed by atoms with Crippen LogP contribution in [0.2, 0.25) is 0 Å². The molecule has 0 spiro atoms. The van der Waals surface area contributed by atoms with E-state index in [1.54, 1.807) is 12.4 Å². The van der Waals surface area contributed by atoms with Crippen LogP contribution in [0.4, 0.5) is 0 Å². The smallest absolute Gasteiger partial charge is 0.859 e. The molecule has 0 unspecified atom stereocenters. The van der Waals surface area contributed by atoms with Crippen molar-refractivity contribution in [3.8, 4) is 0 Å². The minimum Gasteiger partial charge on any atom is -0.859 e. The van der Waals surface area contributed by atoms with Crippen molar-refractivity contribution in [2.75, 3.05) is 0 Å². The van der Waals surface area contributed by atoms with Crippen molar-refractivity contribution in [3.63, 3.8) is 0 Å². The maximum Gasteiger partial charge on any atom is 1.00 e. The molecule has 0 atom stereocenters. The number of hydrogen-bond acceptors (Lipinski definition) is 3. The number of hydrogen-bond donors (Lipinski definition) is 1. The zero-order valence-electron chi connectivity index (χ0n) is 6.40. The van der Waals surface area contributed by atoms with Crippen LogP contribution < -0.4 is 56.4 Å². The molecule has 0 aliphatic heterocycles. The summed E-state index contributed by atoms with van der Waals surface area (Å²) in [5.74, 6) is 0. The van der Waals surface area contributed by atoms with E-state index in [1.807, 2.05) is 18.2 Å². The second kappa shape index (κ2) is 17.0. The molecule has 1 aromatic rings. The summed E-state index contributed by atoms with van der Waals surface area (Å²) in [5.41, 5.74) is 0. The second-order valence-corrected chi connectivity index (χ2v) is 1.15. The summed E-state index contributed by atoms with van der Waals surface area (Å²) in [6.07, 6.45) is 3.50. The van der Waals surface area contributed by atoms with Crippen molar-refractivity contribution >= 4 is 7.69 Å². The van der Waals surface area contributed by atoms with E-state index < -0.39 is 7.69 Å². The summed E-state index contributed by atoms with van der Waals surface area (Å²) >= 11 is 0. The van der Waals surface area contributed by atoms with Crippen molar-refractivity contribution in [2.45, 2.75) is 0 Å². The zero-order chi connectivity index (χ0) is 6.95. The van der Waals surface area contributed by atoms with Gasteiger partial charge in [0.15, 0.2) is 7.69 Å². The molecule has 0 fully saturated rings. The molecule has 3 N–H and O–H groups in total. The molecule has 0 radical (unpaired) electrons. The molecule has 1 heterocycles. The first kappa shape index (κ1) is 17.7. The van der Waals surface area contributed by atoms with Crippen molar-refractivity contribution < 1.29 is 66.9 Å². The van der Waals surface area contributed by atoms with Gasteiger partial charge in [-0.3, -0.25) is 4.98 Å². The Hall–Kier alpha value is 0.731. The largest absolute Gasteiger partial charge is 1.00 e. The topological polar surface area (TPSA) is 87.7 Å². The van der Waals surface area contributed by atoms with E-state index in [0.717, 1.165) is 0 Å². The van der Waals surface area contributed by atoms with Gasteiger partial charge in [0.05, 0.1) is 0 Å². The molecule has 0 aromatic carbocycles. The molecule has 1 rings (SSSR count).